The molecule has 1 N–H and O–H groups in total. The summed E-state index contributed by atoms with van der Waals surface area (Å²) < 4.78 is 6.44. The second-order valence-corrected chi connectivity index (χ2v) is 6.45. The monoisotopic (exact) mass is 333 g/mol. The highest BCUT2D eigenvalue weighted by atomic mass is 79.9. The van der Waals surface area contributed by atoms with Crippen molar-refractivity contribution >= 4 is 38.9 Å². The molecule has 2 rings (SSSR count). The Balaban J connectivity index is 2.40. The fourth-order valence-corrected chi connectivity index (χ4v) is 3.73. The third-order valence-electron chi connectivity index (χ3n) is 2.65. The summed E-state index contributed by atoms with van der Waals surface area (Å²) in [5, 5.41) is 4.06. The molecule has 0 aliphatic carbocycles. The van der Waals surface area contributed by atoms with Gasteiger partial charge in [-0.05, 0) is 35.1 Å². The molecule has 2 aromatic heterocycles. The van der Waals surface area contributed by atoms with E-state index in [2.05, 4.69) is 28.2 Å². The van der Waals surface area contributed by atoms with Gasteiger partial charge in [0.2, 0.25) is 0 Å². The van der Waals surface area contributed by atoms with Gasteiger partial charge in [-0.15, -0.1) is 11.3 Å². The molecule has 0 saturated carbocycles. The van der Waals surface area contributed by atoms with Crippen molar-refractivity contribution in [1.82, 2.24) is 5.32 Å². The lowest BCUT2D eigenvalue weighted by Gasteiger charge is -2.14. The van der Waals surface area contributed by atoms with Crippen molar-refractivity contribution in [3.8, 4) is 0 Å². The summed E-state index contributed by atoms with van der Waals surface area (Å²) in [5.41, 5.74) is 1.18. The number of thiophene rings is 1. The van der Waals surface area contributed by atoms with Gasteiger partial charge < -0.3 is 9.73 Å². The Bertz CT molecular complexity index is 489. The Morgan fingerprint density at radius 2 is 2.35 bits per heavy atom. The predicted octanol–water partition coefficient (Wildman–Crippen LogP) is 4.63. The normalized spacial score (nSPS) is 12.9. The lowest BCUT2D eigenvalue weighted by molar-refractivity contribution is 0.505. The van der Waals surface area contributed by atoms with Crippen LogP contribution in [-0.4, -0.2) is 7.05 Å². The Morgan fingerprint density at radius 3 is 2.88 bits per heavy atom. The van der Waals surface area contributed by atoms with Gasteiger partial charge in [-0.2, -0.15) is 0 Å². The molecule has 5 heteroatoms. The number of nitrogens with one attached hydrogen (secondary N) is 1. The average Bonchev–Trinajstić information content (AvgIpc) is 2.89. The van der Waals surface area contributed by atoms with Gasteiger partial charge in [0.05, 0.1) is 21.1 Å². The maximum Gasteiger partial charge on any atom is 0.108 e. The fraction of sp³-hybridized carbons (Fsp3) is 0.333. The molecule has 17 heavy (non-hydrogen) atoms. The number of furan rings is 1. The van der Waals surface area contributed by atoms with Crippen molar-refractivity contribution in [2.24, 2.45) is 0 Å². The molecule has 0 saturated heterocycles. The summed E-state index contributed by atoms with van der Waals surface area (Å²) >= 11 is 11.2. The molecule has 0 spiro atoms. The summed E-state index contributed by atoms with van der Waals surface area (Å²) in [6, 6.07) is 4.14. The van der Waals surface area contributed by atoms with Crippen LogP contribution in [0.25, 0.3) is 0 Å². The highest BCUT2D eigenvalue weighted by Crippen LogP contribution is 2.38. The molecule has 0 aromatic carbocycles. The number of halogens is 2. The number of hydrogen-bond acceptors (Lipinski definition) is 3. The van der Waals surface area contributed by atoms with Gasteiger partial charge in [0.1, 0.15) is 5.76 Å². The van der Waals surface area contributed by atoms with Crippen LogP contribution in [0.3, 0.4) is 0 Å². The fourth-order valence-electron chi connectivity index (χ4n) is 1.85. The Hall–Kier alpha value is -0.290. The first kappa shape index (κ1) is 13.1. The smallest absolute Gasteiger partial charge is 0.108 e. The second kappa shape index (κ2) is 5.57. The summed E-state index contributed by atoms with van der Waals surface area (Å²) in [6.07, 6.45) is 2.63. The summed E-state index contributed by atoms with van der Waals surface area (Å²) in [6.45, 7) is 2.09. The van der Waals surface area contributed by atoms with Gasteiger partial charge in [0, 0.05) is 16.9 Å². The standard InChI is InChI=1S/C12H13BrClNOS/c1-3-9-7(4-5-16-9)11(15-2)10-6-8(14)12(13)17-10/h4-6,11,15H,3H2,1-2H3. The average molecular weight is 335 g/mol. The molecule has 0 aliphatic rings. The van der Waals surface area contributed by atoms with Gasteiger partial charge in [0.15, 0.2) is 0 Å². The van der Waals surface area contributed by atoms with E-state index in [0.29, 0.717) is 0 Å². The van der Waals surface area contributed by atoms with Gasteiger partial charge >= 0.3 is 0 Å². The van der Waals surface area contributed by atoms with E-state index >= 15 is 0 Å². The topological polar surface area (TPSA) is 25.2 Å². The van der Waals surface area contributed by atoms with Crippen LogP contribution in [0.1, 0.15) is 29.2 Å². The van der Waals surface area contributed by atoms with E-state index in [-0.39, 0.29) is 6.04 Å². The van der Waals surface area contributed by atoms with Crippen LogP contribution in [0, 0.1) is 0 Å². The molecular formula is C12H13BrClNOS. The van der Waals surface area contributed by atoms with Crippen molar-refractivity contribution < 1.29 is 4.42 Å². The summed E-state index contributed by atoms with van der Waals surface area (Å²) in [4.78, 5) is 1.18. The molecule has 0 aliphatic heterocycles. The maximum atomic E-state index is 6.08. The van der Waals surface area contributed by atoms with Crippen molar-refractivity contribution in [1.29, 1.82) is 0 Å². The van der Waals surface area contributed by atoms with Crippen LogP contribution in [0.2, 0.25) is 5.02 Å². The third-order valence-corrected chi connectivity index (χ3v) is 5.19. The van der Waals surface area contributed by atoms with E-state index in [1.54, 1.807) is 17.6 Å². The van der Waals surface area contributed by atoms with E-state index in [4.69, 9.17) is 16.0 Å². The van der Waals surface area contributed by atoms with Gasteiger partial charge in [0.25, 0.3) is 0 Å². The summed E-state index contributed by atoms with van der Waals surface area (Å²) in [7, 11) is 1.94. The number of aryl methyl sites for hydroxylation is 1. The Labute approximate surface area is 118 Å². The van der Waals surface area contributed by atoms with Crippen molar-refractivity contribution in [2.75, 3.05) is 7.05 Å². The van der Waals surface area contributed by atoms with Gasteiger partial charge in [-0.3, -0.25) is 0 Å². The molecule has 0 amide bonds. The molecule has 0 bridgehead atoms. The maximum absolute atomic E-state index is 6.08. The minimum atomic E-state index is 0.137. The number of rotatable bonds is 4. The number of hydrogen-bond donors (Lipinski definition) is 1. The molecule has 2 aromatic rings. The van der Waals surface area contributed by atoms with Crippen LogP contribution in [0.5, 0.6) is 0 Å². The zero-order chi connectivity index (χ0) is 12.4. The van der Waals surface area contributed by atoms with Crippen LogP contribution in [-0.2, 0) is 6.42 Å². The van der Waals surface area contributed by atoms with E-state index in [1.165, 1.54) is 10.4 Å². The molecule has 92 valence electrons. The quantitative estimate of drug-likeness (QED) is 0.882. The van der Waals surface area contributed by atoms with E-state index in [9.17, 15) is 0 Å². The highest BCUT2D eigenvalue weighted by molar-refractivity contribution is 9.11. The first-order chi connectivity index (χ1) is 8.17. The van der Waals surface area contributed by atoms with Crippen LogP contribution < -0.4 is 5.32 Å². The second-order valence-electron chi connectivity index (χ2n) is 3.64. The van der Waals surface area contributed by atoms with Gasteiger partial charge in [-0.25, -0.2) is 0 Å². The van der Waals surface area contributed by atoms with E-state index in [1.807, 2.05) is 19.2 Å². The third kappa shape index (κ3) is 2.60. The van der Waals surface area contributed by atoms with E-state index < -0.39 is 0 Å². The first-order valence-electron chi connectivity index (χ1n) is 5.35. The predicted molar refractivity (Wildman–Crippen MR) is 76.0 cm³/mol. The molecule has 0 radical (unpaired) electrons. The van der Waals surface area contributed by atoms with Crippen molar-refractivity contribution in [3.63, 3.8) is 0 Å². The Kier molecular flexibility index (Phi) is 4.31. The lowest BCUT2D eigenvalue weighted by Crippen LogP contribution is -2.17. The SMILES string of the molecule is CCc1occc1C(NC)c1cc(Cl)c(Br)s1. The first-order valence-corrected chi connectivity index (χ1v) is 7.34. The minimum absolute atomic E-state index is 0.137. The molecular weight excluding hydrogens is 322 g/mol. The zero-order valence-electron chi connectivity index (χ0n) is 9.59. The Morgan fingerprint density at radius 1 is 1.59 bits per heavy atom. The molecule has 0 fully saturated rings. The van der Waals surface area contributed by atoms with Crippen LogP contribution >= 0.6 is 38.9 Å². The van der Waals surface area contributed by atoms with E-state index in [0.717, 1.165) is 21.0 Å². The minimum Gasteiger partial charge on any atom is -0.469 e. The van der Waals surface area contributed by atoms with Crippen molar-refractivity contribution in [3.05, 3.63) is 43.4 Å². The molecule has 1 atom stereocenters. The zero-order valence-corrected chi connectivity index (χ0v) is 12.7. The molecule has 1 unspecified atom stereocenters. The molecule has 2 heterocycles. The lowest BCUT2D eigenvalue weighted by atomic mass is 10.1. The van der Waals surface area contributed by atoms with Gasteiger partial charge in [-0.1, -0.05) is 18.5 Å². The van der Waals surface area contributed by atoms with Crippen LogP contribution in [0.4, 0.5) is 0 Å². The largest absolute Gasteiger partial charge is 0.469 e. The van der Waals surface area contributed by atoms with Crippen LogP contribution in [0.15, 0.2) is 26.6 Å². The van der Waals surface area contributed by atoms with Crippen molar-refractivity contribution in [2.45, 2.75) is 19.4 Å². The molecule has 2 nitrogen and oxygen atoms in total. The summed E-state index contributed by atoms with van der Waals surface area (Å²) in [5.74, 6) is 1.02. The highest BCUT2D eigenvalue weighted by Gasteiger charge is 2.20.